The second-order valence-electron chi connectivity index (χ2n) is 5.48. The van der Waals surface area contributed by atoms with E-state index in [9.17, 15) is 8.42 Å². The average molecular weight is 281 g/mol. The molecule has 0 amide bonds. The molecule has 0 saturated heterocycles. The van der Waals surface area contributed by atoms with E-state index < -0.39 is 9.84 Å². The first-order chi connectivity index (χ1) is 9.00. The molecule has 0 radical (unpaired) electrons. The SMILES string of the molecule is CCNC(CCC1CC1)c1cccc(S(C)(=O)=O)c1. The molecule has 0 spiro atoms. The minimum atomic E-state index is -3.12. The van der Waals surface area contributed by atoms with Crippen molar-refractivity contribution in [3.05, 3.63) is 29.8 Å². The fourth-order valence-corrected chi connectivity index (χ4v) is 3.08. The lowest BCUT2D eigenvalue weighted by atomic mass is 10.0. The summed E-state index contributed by atoms with van der Waals surface area (Å²) >= 11 is 0. The Morgan fingerprint density at radius 1 is 1.37 bits per heavy atom. The zero-order valence-electron chi connectivity index (χ0n) is 11.7. The number of benzene rings is 1. The molecule has 2 rings (SSSR count). The fraction of sp³-hybridized carbons (Fsp3) is 0.600. The Balaban J connectivity index is 2.14. The fourth-order valence-electron chi connectivity index (χ4n) is 2.40. The molecule has 1 saturated carbocycles. The summed E-state index contributed by atoms with van der Waals surface area (Å²) in [4.78, 5) is 0.416. The molecule has 19 heavy (non-hydrogen) atoms. The van der Waals surface area contributed by atoms with Gasteiger partial charge in [-0.15, -0.1) is 0 Å². The molecule has 1 aliphatic rings. The highest BCUT2D eigenvalue weighted by molar-refractivity contribution is 7.90. The van der Waals surface area contributed by atoms with Crippen molar-refractivity contribution in [2.45, 2.75) is 43.5 Å². The van der Waals surface area contributed by atoms with Gasteiger partial charge >= 0.3 is 0 Å². The summed E-state index contributed by atoms with van der Waals surface area (Å²) in [7, 11) is -3.12. The molecule has 4 heteroatoms. The molecule has 1 aromatic rings. The molecule has 1 aliphatic carbocycles. The molecular weight excluding hydrogens is 258 g/mol. The number of sulfone groups is 1. The third-order valence-electron chi connectivity index (χ3n) is 3.70. The third kappa shape index (κ3) is 4.32. The van der Waals surface area contributed by atoms with Crippen LogP contribution in [-0.4, -0.2) is 21.2 Å². The smallest absolute Gasteiger partial charge is 0.175 e. The molecule has 1 fully saturated rings. The van der Waals surface area contributed by atoms with E-state index in [1.807, 2.05) is 18.2 Å². The van der Waals surface area contributed by atoms with Gasteiger partial charge in [0.15, 0.2) is 9.84 Å². The Morgan fingerprint density at radius 2 is 2.11 bits per heavy atom. The predicted octanol–water partition coefficient (Wildman–Crippen LogP) is 2.93. The Kier molecular flexibility index (Phi) is 4.63. The van der Waals surface area contributed by atoms with Crippen LogP contribution in [0, 0.1) is 5.92 Å². The molecule has 0 bridgehead atoms. The van der Waals surface area contributed by atoms with Gasteiger partial charge in [0.05, 0.1) is 4.90 Å². The topological polar surface area (TPSA) is 46.2 Å². The summed E-state index contributed by atoms with van der Waals surface area (Å²) in [6.45, 7) is 2.99. The van der Waals surface area contributed by atoms with Gasteiger partial charge in [0.1, 0.15) is 0 Å². The molecule has 1 unspecified atom stereocenters. The van der Waals surface area contributed by atoms with Gasteiger partial charge in [-0.05, 0) is 43.0 Å². The third-order valence-corrected chi connectivity index (χ3v) is 4.81. The predicted molar refractivity (Wildman–Crippen MR) is 77.9 cm³/mol. The van der Waals surface area contributed by atoms with Crippen LogP contribution in [-0.2, 0) is 9.84 Å². The van der Waals surface area contributed by atoms with Crippen molar-refractivity contribution in [3.63, 3.8) is 0 Å². The molecular formula is C15H23NO2S. The minimum Gasteiger partial charge on any atom is -0.310 e. The van der Waals surface area contributed by atoms with Gasteiger partial charge in [-0.1, -0.05) is 31.9 Å². The van der Waals surface area contributed by atoms with E-state index in [0.29, 0.717) is 4.90 Å². The van der Waals surface area contributed by atoms with Gasteiger partial charge in [0.2, 0.25) is 0 Å². The van der Waals surface area contributed by atoms with Crippen LogP contribution < -0.4 is 5.32 Å². The molecule has 106 valence electrons. The van der Waals surface area contributed by atoms with Crippen LogP contribution >= 0.6 is 0 Å². The van der Waals surface area contributed by atoms with Crippen LogP contribution in [0.4, 0.5) is 0 Å². The van der Waals surface area contributed by atoms with E-state index in [2.05, 4.69) is 12.2 Å². The number of rotatable bonds is 7. The summed E-state index contributed by atoms with van der Waals surface area (Å²) in [6.07, 6.45) is 6.31. The lowest BCUT2D eigenvalue weighted by Crippen LogP contribution is -2.21. The maximum atomic E-state index is 11.6. The van der Waals surface area contributed by atoms with Crippen molar-refractivity contribution >= 4 is 9.84 Å². The summed E-state index contributed by atoms with van der Waals surface area (Å²) < 4.78 is 23.2. The second-order valence-corrected chi connectivity index (χ2v) is 7.49. The highest BCUT2D eigenvalue weighted by Crippen LogP contribution is 2.36. The highest BCUT2D eigenvalue weighted by atomic mass is 32.2. The molecule has 1 N–H and O–H groups in total. The Hall–Kier alpha value is -0.870. The van der Waals surface area contributed by atoms with E-state index in [1.54, 1.807) is 6.07 Å². The largest absolute Gasteiger partial charge is 0.310 e. The first-order valence-corrected chi connectivity index (χ1v) is 8.93. The van der Waals surface area contributed by atoms with Gasteiger partial charge in [0.25, 0.3) is 0 Å². The number of hydrogen-bond donors (Lipinski definition) is 1. The van der Waals surface area contributed by atoms with Crippen molar-refractivity contribution in [2.24, 2.45) is 5.92 Å². The Labute approximate surface area is 116 Å². The first kappa shape index (κ1) is 14.5. The molecule has 1 aromatic carbocycles. The normalized spacial score (nSPS) is 17.4. The van der Waals surface area contributed by atoms with Gasteiger partial charge < -0.3 is 5.32 Å². The maximum absolute atomic E-state index is 11.6. The van der Waals surface area contributed by atoms with Crippen LogP contribution in [0.2, 0.25) is 0 Å². The van der Waals surface area contributed by atoms with Crippen LogP contribution in [0.25, 0.3) is 0 Å². The molecule has 3 nitrogen and oxygen atoms in total. The van der Waals surface area contributed by atoms with E-state index in [-0.39, 0.29) is 6.04 Å². The molecule has 0 aliphatic heterocycles. The monoisotopic (exact) mass is 281 g/mol. The average Bonchev–Trinajstić information content (AvgIpc) is 3.17. The highest BCUT2D eigenvalue weighted by Gasteiger charge is 2.23. The Bertz CT molecular complexity index is 521. The van der Waals surface area contributed by atoms with Crippen molar-refractivity contribution < 1.29 is 8.42 Å². The Morgan fingerprint density at radius 3 is 2.68 bits per heavy atom. The van der Waals surface area contributed by atoms with Crippen molar-refractivity contribution in [1.82, 2.24) is 5.32 Å². The van der Waals surface area contributed by atoms with Gasteiger partial charge in [-0.25, -0.2) is 8.42 Å². The van der Waals surface area contributed by atoms with Crippen molar-refractivity contribution in [2.75, 3.05) is 12.8 Å². The van der Waals surface area contributed by atoms with Gasteiger partial charge in [-0.2, -0.15) is 0 Å². The number of nitrogens with one attached hydrogen (secondary N) is 1. The standard InChI is InChI=1S/C15H23NO2S/c1-3-16-15(10-9-12-7-8-12)13-5-4-6-14(11-13)19(2,17)18/h4-6,11-12,15-16H,3,7-10H2,1-2H3. The van der Waals surface area contributed by atoms with E-state index >= 15 is 0 Å². The summed E-state index contributed by atoms with van der Waals surface area (Å²) in [5.41, 5.74) is 1.09. The lowest BCUT2D eigenvalue weighted by molar-refractivity contribution is 0.481. The minimum absolute atomic E-state index is 0.271. The molecule has 0 aromatic heterocycles. The van der Waals surface area contributed by atoms with Crippen LogP contribution in [0.1, 0.15) is 44.2 Å². The maximum Gasteiger partial charge on any atom is 0.175 e. The molecule has 1 atom stereocenters. The van der Waals surface area contributed by atoms with Crippen LogP contribution in [0.3, 0.4) is 0 Å². The van der Waals surface area contributed by atoms with Crippen LogP contribution in [0.15, 0.2) is 29.2 Å². The van der Waals surface area contributed by atoms with E-state index in [0.717, 1.165) is 24.4 Å². The lowest BCUT2D eigenvalue weighted by Gasteiger charge is -2.19. The summed E-state index contributed by atoms with van der Waals surface area (Å²) in [5.74, 6) is 0.902. The zero-order valence-corrected chi connectivity index (χ0v) is 12.5. The molecule has 0 heterocycles. The van der Waals surface area contributed by atoms with Crippen LogP contribution in [0.5, 0.6) is 0 Å². The van der Waals surface area contributed by atoms with Crippen molar-refractivity contribution in [1.29, 1.82) is 0 Å². The summed E-state index contributed by atoms with van der Waals surface area (Å²) in [6, 6.07) is 7.62. The van der Waals surface area contributed by atoms with Gasteiger partial charge in [-0.3, -0.25) is 0 Å². The summed E-state index contributed by atoms with van der Waals surface area (Å²) in [5, 5.41) is 3.47. The first-order valence-electron chi connectivity index (χ1n) is 7.04. The van der Waals surface area contributed by atoms with E-state index in [4.69, 9.17) is 0 Å². The quantitative estimate of drug-likeness (QED) is 0.836. The second kappa shape index (κ2) is 6.06. The zero-order chi connectivity index (χ0) is 13.9. The van der Waals surface area contributed by atoms with Crippen molar-refractivity contribution in [3.8, 4) is 0 Å². The van der Waals surface area contributed by atoms with Gasteiger partial charge in [0, 0.05) is 12.3 Å². The number of hydrogen-bond acceptors (Lipinski definition) is 3. The van der Waals surface area contributed by atoms with E-state index in [1.165, 1.54) is 25.5 Å².